The lowest BCUT2D eigenvalue weighted by atomic mass is 10.1. The van der Waals surface area contributed by atoms with Crippen molar-refractivity contribution in [2.24, 2.45) is 5.92 Å². The molecule has 1 heterocycles. The molecule has 2 rings (SSSR count). The van der Waals surface area contributed by atoms with E-state index in [2.05, 4.69) is 12.2 Å². The van der Waals surface area contributed by atoms with Crippen molar-refractivity contribution in [1.29, 1.82) is 0 Å². The van der Waals surface area contributed by atoms with Crippen LogP contribution in [0, 0.1) is 5.92 Å². The molecule has 0 saturated carbocycles. The third-order valence-corrected chi connectivity index (χ3v) is 4.27. The van der Waals surface area contributed by atoms with E-state index < -0.39 is 5.97 Å². The predicted octanol–water partition coefficient (Wildman–Crippen LogP) is 1.97. The molecule has 1 aliphatic heterocycles. The summed E-state index contributed by atoms with van der Waals surface area (Å²) in [4.78, 5) is 36.4. The van der Waals surface area contributed by atoms with Gasteiger partial charge in [-0.15, -0.1) is 0 Å². The molecule has 2 amide bonds. The first-order chi connectivity index (χ1) is 11.5. The van der Waals surface area contributed by atoms with Gasteiger partial charge in [0.05, 0.1) is 5.92 Å². The number of amides is 2. The Morgan fingerprint density at radius 3 is 2.58 bits per heavy atom. The van der Waals surface area contributed by atoms with Gasteiger partial charge in [-0.25, -0.2) is 0 Å². The fourth-order valence-corrected chi connectivity index (χ4v) is 2.80. The summed E-state index contributed by atoms with van der Waals surface area (Å²) in [6, 6.07) is 7.84. The number of nitrogens with one attached hydrogen (secondary N) is 1. The molecule has 1 aliphatic rings. The first-order valence-corrected chi connectivity index (χ1v) is 8.40. The van der Waals surface area contributed by atoms with Crippen molar-refractivity contribution < 1.29 is 19.5 Å². The first kappa shape index (κ1) is 18.0. The van der Waals surface area contributed by atoms with Gasteiger partial charge in [0.25, 0.3) is 0 Å². The van der Waals surface area contributed by atoms with Crippen molar-refractivity contribution in [3.05, 3.63) is 29.8 Å². The number of carboxylic acid groups (broad SMARTS) is 1. The topological polar surface area (TPSA) is 86.7 Å². The molecule has 0 aromatic heterocycles. The van der Waals surface area contributed by atoms with Crippen molar-refractivity contribution in [2.45, 2.75) is 39.0 Å². The Hall–Kier alpha value is -2.37. The van der Waals surface area contributed by atoms with Crippen molar-refractivity contribution in [3.63, 3.8) is 0 Å². The molecule has 0 bridgehead atoms. The minimum Gasteiger partial charge on any atom is -0.481 e. The van der Waals surface area contributed by atoms with Gasteiger partial charge in [-0.3, -0.25) is 14.4 Å². The first-order valence-electron chi connectivity index (χ1n) is 8.40. The largest absolute Gasteiger partial charge is 0.481 e. The maximum absolute atomic E-state index is 12.2. The van der Waals surface area contributed by atoms with Gasteiger partial charge in [0.15, 0.2) is 0 Å². The molecule has 0 spiro atoms. The normalized spacial score (nSPS) is 17.1. The Labute approximate surface area is 141 Å². The number of nitrogens with zero attached hydrogens (tertiary/aromatic N) is 1. The van der Waals surface area contributed by atoms with Crippen LogP contribution >= 0.6 is 0 Å². The number of hydrogen-bond acceptors (Lipinski definition) is 3. The summed E-state index contributed by atoms with van der Waals surface area (Å²) in [5.41, 5.74) is 2.04. The Bertz CT molecular complexity index is 598. The minimum atomic E-state index is -0.826. The van der Waals surface area contributed by atoms with Crippen molar-refractivity contribution in [1.82, 2.24) is 5.32 Å². The second kappa shape index (κ2) is 8.47. The van der Waals surface area contributed by atoms with Gasteiger partial charge >= 0.3 is 5.97 Å². The van der Waals surface area contributed by atoms with Crippen LogP contribution in [-0.2, 0) is 20.8 Å². The van der Waals surface area contributed by atoms with Crippen LogP contribution < -0.4 is 10.2 Å². The van der Waals surface area contributed by atoms with E-state index in [-0.39, 0.29) is 30.6 Å². The molecule has 1 saturated heterocycles. The van der Waals surface area contributed by atoms with Crippen LogP contribution in [0.2, 0.25) is 0 Å². The predicted molar refractivity (Wildman–Crippen MR) is 90.8 cm³/mol. The van der Waals surface area contributed by atoms with Crippen LogP contribution in [0.3, 0.4) is 0 Å². The highest BCUT2D eigenvalue weighted by atomic mass is 16.4. The summed E-state index contributed by atoms with van der Waals surface area (Å²) in [7, 11) is 0. The van der Waals surface area contributed by atoms with E-state index >= 15 is 0 Å². The highest BCUT2D eigenvalue weighted by Gasteiger charge is 2.34. The minimum absolute atomic E-state index is 0.0368. The van der Waals surface area contributed by atoms with E-state index in [0.29, 0.717) is 25.9 Å². The highest BCUT2D eigenvalue weighted by Crippen LogP contribution is 2.25. The van der Waals surface area contributed by atoms with E-state index in [4.69, 9.17) is 5.11 Å². The molecule has 2 N–H and O–H groups in total. The van der Waals surface area contributed by atoms with Crippen LogP contribution in [0.4, 0.5) is 5.69 Å². The zero-order chi connectivity index (χ0) is 17.5. The van der Waals surface area contributed by atoms with Crippen LogP contribution in [0.15, 0.2) is 24.3 Å². The zero-order valence-corrected chi connectivity index (χ0v) is 14.0. The standard InChI is InChI=1S/C18H24N2O4/c1-2-13-6-8-15(9-7-13)20-12-14(11-16(20)21)18(24)19-10-4-3-5-17(22)23/h6-9,14H,2-5,10-12H2,1H3,(H,19,24)(H,22,23). The number of carboxylic acids is 1. The number of benzene rings is 1. The lowest BCUT2D eigenvalue weighted by molar-refractivity contribution is -0.137. The summed E-state index contributed by atoms with van der Waals surface area (Å²) in [6.07, 6.45) is 2.44. The number of anilines is 1. The van der Waals surface area contributed by atoms with Crippen LogP contribution in [0.1, 0.15) is 38.2 Å². The molecule has 1 aromatic rings. The van der Waals surface area contributed by atoms with Gasteiger partial charge in [0.1, 0.15) is 0 Å². The molecule has 1 atom stereocenters. The molecule has 0 aliphatic carbocycles. The molecule has 6 heteroatoms. The molecule has 6 nitrogen and oxygen atoms in total. The van der Waals surface area contributed by atoms with E-state index in [9.17, 15) is 14.4 Å². The number of aliphatic carboxylic acids is 1. The van der Waals surface area contributed by atoms with Gasteiger partial charge in [0.2, 0.25) is 11.8 Å². The third-order valence-electron chi connectivity index (χ3n) is 4.27. The maximum Gasteiger partial charge on any atom is 0.303 e. The lowest BCUT2D eigenvalue weighted by Gasteiger charge is -2.17. The molecule has 0 radical (unpaired) electrons. The number of unbranched alkanes of at least 4 members (excludes halogenated alkanes) is 1. The summed E-state index contributed by atoms with van der Waals surface area (Å²) in [5.74, 6) is -1.34. The summed E-state index contributed by atoms with van der Waals surface area (Å²) in [5, 5.41) is 11.4. The summed E-state index contributed by atoms with van der Waals surface area (Å²) < 4.78 is 0. The molecular formula is C18H24N2O4. The molecule has 24 heavy (non-hydrogen) atoms. The molecule has 1 fully saturated rings. The van der Waals surface area contributed by atoms with E-state index in [1.165, 1.54) is 5.56 Å². The SMILES string of the molecule is CCc1ccc(N2CC(C(=O)NCCCCC(=O)O)CC2=O)cc1. The Balaban J connectivity index is 1.82. The maximum atomic E-state index is 12.2. The van der Waals surface area contributed by atoms with Crippen molar-refractivity contribution >= 4 is 23.5 Å². The second-order valence-electron chi connectivity index (χ2n) is 6.07. The van der Waals surface area contributed by atoms with E-state index in [1.54, 1.807) is 4.90 Å². The fourth-order valence-electron chi connectivity index (χ4n) is 2.80. The highest BCUT2D eigenvalue weighted by molar-refractivity contribution is 6.00. The second-order valence-corrected chi connectivity index (χ2v) is 6.07. The number of carbonyl (C=O) groups is 3. The molecule has 1 aromatic carbocycles. The average molecular weight is 332 g/mol. The third kappa shape index (κ3) is 4.81. The number of rotatable bonds is 8. The monoisotopic (exact) mass is 332 g/mol. The zero-order valence-electron chi connectivity index (χ0n) is 14.0. The lowest BCUT2D eigenvalue weighted by Crippen LogP contribution is -2.33. The average Bonchev–Trinajstić information content (AvgIpc) is 2.96. The Kier molecular flexibility index (Phi) is 6.35. The number of carbonyl (C=O) groups excluding carboxylic acids is 2. The molecule has 1 unspecified atom stereocenters. The van der Waals surface area contributed by atoms with E-state index in [1.807, 2.05) is 24.3 Å². The molecule has 130 valence electrons. The van der Waals surface area contributed by atoms with Crippen LogP contribution in [-0.4, -0.2) is 36.0 Å². The van der Waals surface area contributed by atoms with Gasteiger partial charge in [-0.2, -0.15) is 0 Å². The molecular weight excluding hydrogens is 308 g/mol. The number of aryl methyl sites for hydroxylation is 1. The van der Waals surface area contributed by atoms with Crippen molar-refractivity contribution in [3.8, 4) is 0 Å². The van der Waals surface area contributed by atoms with Crippen LogP contribution in [0.25, 0.3) is 0 Å². The fraction of sp³-hybridized carbons (Fsp3) is 0.500. The Morgan fingerprint density at radius 1 is 1.25 bits per heavy atom. The van der Waals surface area contributed by atoms with Crippen LogP contribution in [0.5, 0.6) is 0 Å². The van der Waals surface area contributed by atoms with E-state index in [0.717, 1.165) is 12.1 Å². The van der Waals surface area contributed by atoms with Gasteiger partial charge in [-0.1, -0.05) is 19.1 Å². The number of hydrogen-bond donors (Lipinski definition) is 2. The Morgan fingerprint density at radius 2 is 1.96 bits per heavy atom. The summed E-state index contributed by atoms with van der Waals surface area (Å²) >= 11 is 0. The smallest absolute Gasteiger partial charge is 0.303 e. The van der Waals surface area contributed by atoms with Crippen molar-refractivity contribution in [2.75, 3.05) is 18.0 Å². The van der Waals surface area contributed by atoms with Gasteiger partial charge in [-0.05, 0) is 37.0 Å². The summed E-state index contributed by atoms with van der Waals surface area (Å²) in [6.45, 7) is 2.92. The van der Waals surface area contributed by atoms with Gasteiger partial charge in [0, 0.05) is 31.6 Å². The van der Waals surface area contributed by atoms with Gasteiger partial charge < -0.3 is 15.3 Å². The quantitative estimate of drug-likeness (QED) is 0.713.